The molecular weight excluding hydrogens is 500 g/mol. The zero-order valence-electron chi connectivity index (χ0n) is 23.5. The molecule has 3 heterocycles. The first-order valence-corrected chi connectivity index (χ1v) is 13.9. The Morgan fingerprint density at radius 1 is 0.488 bits per heavy atom. The molecule has 0 amide bonds. The van der Waals surface area contributed by atoms with Gasteiger partial charge in [0.05, 0.1) is 22.8 Å². The Morgan fingerprint density at radius 2 is 1.10 bits per heavy atom. The lowest BCUT2D eigenvalue weighted by Crippen LogP contribution is -2.11. The van der Waals surface area contributed by atoms with Crippen LogP contribution < -0.4 is 5.32 Å². The van der Waals surface area contributed by atoms with Crippen molar-refractivity contribution in [1.29, 1.82) is 0 Å². The monoisotopic (exact) mass is 532 g/mol. The van der Waals surface area contributed by atoms with Crippen LogP contribution in [0.1, 0.15) is 26.3 Å². The largest absolute Gasteiger partial charge is 0.354 e. The topological polar surface area (TPSA) is 50.7 Å². The van der Waals surface area contributed by atoms with E-state index in [9.17, 15) is 0 Å². The van der Waals surface area contributed by atoms with Gasteiger partial charge in [0.2, 0.25) is 0 Å². The van der Waals surface area contributed by atoms with Crippen molar-refractivity contribution in [3.05, 3.63) is 139 Å². The average molecular weight is 533 g/mol. The van der Waals surface area contributed by atoms with Crippen LogP contribution in [0.15, 0.2) is 134 Å². The molecule has 41 heavy (non-hydrogen) atoms. The Bertz CT molecular complexity index is 1730. The Kier molecular flexibility index (Phi) is 7.13. The maximum absolute atomic E-state index is 5.11. The van der Waals surface area contributed by atoms with Crippen molar-refractivity contribution in [2.45, 2.75) is 26.2 Å². The number of benzene rings is 3. The molecule has 3 aromatic heterocycles. The van der Waals surface area contributed by atoms with Crippen LogP contribution in [0.4, 0.5) is 11.4 Å². The first-order chi connectivity index (χ1) is 20.0. The van der Waals surface area contributed by atoms with Crippen molar-refractivity contribution < 1.29 is 0 Å². The summed E-state index contributed by atoms with van der Waals surface area (Å²) in [4.78, 5) is 14.4. The molecule has 1 N–H and O–H groups in total. The normalized spacial score (nSPS) is 11.3. The first kappa shape index (κ1) is 26.1. The Hall–Kier alpha value is -5.09. The van der Waals surface area contributed by atoms with E-state index in [1.54, 1.807) is 6.20 Å². The fourth-order valence-electron chi connectivity index (χ4n) is 4.93. The number of rotatable bonds is 6. The molecule has 0 aliphatic heterocycles. The molecule has 4 nitrogen and oxygen atoms in total. The summed E-state index contributed by atoms with van der Waals surface area (Å²) < 4.78 is 0. The summed E-state index contributed by atoms with van der Waals surface area (Å²) in [5, 5.41) is 3.72. The third-order valence-corrected chi connectivity index (χ3v) is 7.16. The minimum atomic E-state index is 0.0351. The number of aromatic nitrogens is 3. The third kappa shape index (κ3) is 5.78. The molecule has 200 valence electrons. The maximum Gasteiger partial charge on any atom is 0.0899 e. The summed E-state index contributed by atoms with van der Waals surface area (Å²) in [5.74, 6) is 0. The summed E-state index contributed by atoms with van der Waals surface area (Å²) in [6.07, 6.45) is 3.71. The summed E-state index contributed by atoms with van der Waals surface area (Å²) in [6.45, 7) is 6.67. The summed E-state index contributed by atoms with van der Waals surface area (Å²) in [6, 6.07) is 41.5. The van der Waals surface area contributed by atoms with Gasteiger partial charge in [0.1, 0.15) is 0 Å². The van der Waals surface area contributed by atoms with Crippen molar-refractivity contribution >= 4 is 11.4 Å². The van der Waals surface area contributed by atoms with Crippen LogP contribution in [-0.4, -0.2) is 15.0 Å². The van der Waals surface area contributed by atoms with Crippen LogP contribution >= 0.6 is 0 Å². The van der Waals surface area contributed by atoms with Crippen molar-refractivity contribution in [2.75, 3.05) is 5.32 Å². The molecular formula is C37H32N4. The van der Waals surface area contributed by atoms with E-state index >= 15 is 0 Å². The quantitative estimate of drug-likeness (QED) is 0.232. The van der Waals surface area contributed by atoms with Gasteiger partial charge in [-0.15, -0.1) is 0 Å². The van der Waals surface area contributed by atoms with Crippen LogP contribution in [-0.2, 0) is 5.41 Å². The van der Waals surface area contributed by atoms with Crippen LogP contribution in [0.25, 0.3) is 45.0 Å². The molecule has 0 radical (unpaired) electrons. The van der Waals surface area contributed by atoms with E-state index in [2.05, 4.69) is 122 Å². The number of nitrogens with one attached hydrogen (secondary N) is 1. The van der Waals surface area contributed by atoms with E-state index < -0.39 is 0 Å². The van der Waals surface area contributed by atoms with Gasteiger partial charge in [0.15, 0.2) is 0 Å². The van der Waals surface area contributed by atoms with E-state index in [1.165, 1.54) is 5.56 Å². The molecule has 6 aromatic rings. The van der Waals surface area contributed by atoms with Gasteiger partial charge in [-0.25, -0.2) is 4.98 Å². The number of anilines is 2. The van der Waals surface area contributed by atoms with E-state index in [0.717, 1.165) is 56.4 Å². The van der Waals surface area contributed by atoms with Gasteiger partial charge in [-0.3, -0.25) is 9.97 Å². The molecule has 0 spiro atoms. The zero-order valence-corrected chi connectivity index (χ0v) is 23.5. The molecule has 0 saturated carbocycles. The van der Waals surface area contributed by atoms with Gasteiger partial charge >= 0.3 is 0 Å². The summed E-state index contributed by atoms with van der Waals surface area (Å²) in [7, 11) is 0. The van der Waals surface area contributed by atoms with Gasteiger partial charge in [-0.1, -0.05) is 93.6 Å². The van der Waals surface area contributed by atoms with Crippen molar-refractivity contribution in [3.63, 3.8) is 0 Å². The van der Waals surface area contributed by atoms with E-state index in [0.29, 0.717) is 0 Å². The summed E-state index contributed by atoms with van der Waals surface area (Å²) >= 11 is 0. The van der Waals surface area contributed by atoms with Gasteiger partial charge in [-0.05, 0) is 70.6 Å². The van der Waals surface area contributed by atoms with E-state index in [4.69, 9.17) is 9.97 Å². The van der Waals surface area contributed by atoms with Crippen LogP contribution in [0.3, 0.4) is 0 Å². The molecule has 3 aromatic carbocycles. The Labute approximate surface area is 241 Å². The lowest BCUT2D eigenvalue weighted by molar-refractivity contribution is 0.589. The number of hydrogen-bond donors (Lipinski definition) is 1. The van der Waals surface area contributed by atoms with Crippen molar-refractivity contribution in [2.24, 2.45) is 0 Å². The minimum absolute atomic E-state index is 0.0351. The molecule has 6 rings (SSSR count). The molecule has 0 fully saturated rings. The fourth-order valence-corrected chi connectivity index (χ4v) is 4.93. The number of hydrogen-bond acceptors (Lipinski definition) is 4. The van der Waals surface area contributed by atoms with Crippen LogP contribution in [0.2, 0.25) is 0 Å². The van der Waals surface area contributed by atoms with Gasteiger partial charge in [0, 0.05) is 34.9 Å². The fraction of sp³-hybridized carbons (Fsp3) is 0.108. The van der Waals surface area contributed by atoms with Crippen molar-refractivity contribution in [1.82, 2.24) is 15.0 Å². The van der Waals surface area contributed by atoms with Gasteiger partial charge in [0.25, 0.3) is 0 Å². The van der Waals surface area contributed by atoms with E-state index in [1.807, 2.05) is 36.5 Å². The predicted octanol–water partition coefficient (Wildman–Crippen LogP) is 9.58. The van der Waals surface area contributed by atoms with Gasteiger partial charge < -0.3 is 5.32 Å². The highest BCUT2D eigenvalue weighted by Gasteiger charge is 2.17. The summed E-state index contributed by atoms with van der Waals surface area (Å²) in [5.41, 5.74) is 11.0. The molecule has 0 aliphatic rings. The molecule has 0 atom stereocenters. The second kappa shape index (κ2) is 11.2. The number of pyridine rings is 3. The number of nitrogens with zero attached hydrogens (tertiary/aromatic N) is 3. The average Bonchev–Trinajstić information content (AvgIpc) is 3.02. The molecule has 0 bridgehead atoms. The highest BCUT2D eigenvalue weighted by molar-refractivity contribution is 5.87. The van der Waals surface area contributed by atoms with E-state index in [-0.39, 0.29) is 5.41 Å². The Balaban J connectivity index is 1.45. The SMILES string of the molecule is CC(C)(C)c1ccnc(-c2ccccc2Nc2ccccc2-c2cc(-c3ccccc3)cc(-c3ccccn3)n2)c1. The Morgan fingerprint density at radius 3 is 1.78 bits per heavy atom. The highest BCUT2D eigenvalue weighted by atomic mass is 14.9. The van der Waals surface area contributed by atoms with Crippen molar-refractivity contribution in [3.8, 4) is 45.0 Å². The predicted molar refractivity (Wildman–Crippen MR) is 170 cm³/mol. The second-order valence-electron chi connectivity index (χ2n) is 11.1. The molecule has 0 aliphatic carbocycles. The molecule has 0 saturated heterocycles. The minimum Gasteiger partial charge on any atom is -0.354 e. The lowest BCUT2D eigenvalue weighted by atomic mass is 9.87. The highest BCUT2D eigenvalue weighted by Crippen LogP contribution is 2.37. The lowest BCUT2D eigenvalue weighted by Gasteiger charge is -2.20. The second-order valence-corrected chi connectivity index (χ2v) is 11.1. The maximum atomic E-state index is 5.11. The smallest absolute Gasteiger partial charge is 0.0899 e. The van der Waals surface area contributed by atoms with Crippen LogP contribution in [0.5, 0.6) is 0 Å². The standard InChI is InChI=1S/C37H32N4/c1-37(2,3)28-20-22-39-34(25-28)29-15-7-9-17-31(29)40-32-18-10-8-16-30(32)35-23-27(26-13-5-4-6-14-26)24-36(41-35)33-19-11-12-21-38-33/h4-25,40H,1-3H3. The first-order valence-electron chi connectivity index (χ1n) is 13.9. The van der Waals surface area contributed by atoms with Crippen LogP contribution in [0, 0.1) is 0 Å². The molecule has 4 heteroatoms. The number of para-hydroxylation sites is 2. The van der Waals surface area contributed by atoms with Gasteiger partial charge in [-0.2, -0.15) is 0 Å². The third-order valence-electron chi connectivity index (χ3n) is 7.16. The zero-order chi connectivity index (χ0) is 28.2. The molecule has 0 unspecified atom stereocenters.